The number of nitrogens with zero attached hydrogens (tertiary/aromatic N) is 5. The van der Waals surface area contributed by atoms with Gasteiger partial charge in [-0.05, 0) is 31.2 Å². The maximum atomic E-state index is 13.1. The van der Waals surface area contributed by atoms with Crippen LogP contribution < -0.4 is 11.1 Å². The maximum Gasteiger partial charge on any atom is 0.416 e. The van der Waals surface area contributed by atoms with E-state index in [1.165, 1.54) is 25.4 Å². The van der Waals surface area contributed by atoms with E-state index in [1.54, 1.807) is 0 Å². The van der Waals surface area contributed by atoms with Crippen LogP contribution in [0.5, 0.6) is 0 Å². The van der Waals surface area contributed by atoms with Crippen LogP contribution in [0.2, 0.25) is 0 Å². The Morgan fingerprint density at radius 1 is 1.00 bits per heavy atom. The Morgan fingerprint density at radius 2 is 1.55 bits per heavy atom. The summed E-state index contributed by atoms with van der Waals surface area (Å²) < 4.78 is 79.4. The molecule has 3 rings (SSSR count). The topological polar surface area (TPSA) is 129 Å². The average molecular weight is 473 g/mol. The van der Waals surface area contributed by atoms with Crippen LogP contribution in [0.25, 0.3) is 5.95 Å². The standard InChI is InChI=1S/C18H13F6N7O2/c1-8(14-29-13(12(25)32)30-31(14)16-26-3-2-4-27-16)28-15(33)9-5-10(17(19,20)21)7-11(6-9)18(22,23)24/h2-8H,1H3,(H2,25,32)(H,28,33). The third kappa shape index (κ3) is 5.24. The fourth-order valence-electron chi connectivity index (χ4n) is 2.69. The molecule has 0 aliphatic rings. The largest absolute Gasteiger partial charge is 0.416 e. The Labute approximate surface area is 180 Å². The van der Waals surface area contributed by atoms with Crippen LogP contribution in [0.15, 0.2) is 36.7 Å². The molecule has 2 amide bonds. The van der Waals surface area contributed by atoms with Crippen LogP contribution >= 0.6 is 0 Å². The molecule has 0 radical (unpaired) electrons. The highest BCUT2D eigenvalue weighted by atomic mass is 19.4. The van der Waals surface area contributed by atoms with E-state index in [4.69, 9.17) is 5.73 Å². The smallest absolute Gasteiger partial charge is 0.363 e. The van der Waals surface area contributed by atoms with Crippen molar-refractivity contribution in [1.82, 2.24) is 30.0 Å². The van der Waals surface area contributed by atoms with E-state index in [-0.39, 0.29) is 30.0 Å². The van der Waals surface area contributed by atoms with Crippen molar-refractivity contribution in [1.29, 1.82) is 0 Å². The van der Waals surface area contributed by atoms with Gasteiger partial charge in [0.25, 0.3) is 17.8 Å². The highest BCUT2D eigenvalue weighted by Crippen LogP contribution is 2.36. The van der Waals surface area contributed by atoms with Crippen molar-refractivity contribution in [2.24, 2.45) is 5.73 Å². The molecular formula is C18H13F6N7O2. The van der Waals surface area contributed by atoms with Crippen molar-refractivity contribution in [2.75, 3.05) is 0 Å². The van der Waals surface area contributed by atoms with Gasteiger partial charge in [0.2, 0.25) is 5.82 Å². The van der Waals surface area contributed by atoms with Crippen molar-refractivity contribution in [3.63, 3.8) is 0 Å². The third-order valence-corrected chi connectivity index (χ3v) is 4.18. The predicted octanol–water partition coefficient (Wildman–Crippen LogP) is 2.68. The van der Waals surface area contributed by atoms with Gasteiger partial charge >= 0.3 is 12.4 Å². The average Bonchev–Trinajstić information content (AvgIpc) is 3.19. The highest BCUT2D eigenvalue weighted by Gasteiger charge is 2.37. The molecule has 0 aliphatic heterocycles. The molecule has 0 saturated heterocycles. The summed E-state index contributed by atoms with van der Waals surface area (Å²) in [6.45, 7) is 1.31. The maximum absolute atomic E-state index is 13.1. The molecule has 9 nitrogen and oxygen atoms in total. The third-order valence-electron chi connectivity index (χ3n) is 4.18. The number of aromatic nitrogens is 5. The molecule has 0 bridgehead atoms. The monoisotopic (exact) mass is 473 g/mol. The molecular weight excluding hydrogens is 460 g/mol. The lowest BCUT2D eigenvalue weighted by Crippen LogP contribution is -2.29. The Bertz CT molecular complexity index is 1160. The molecule has 1 atom stereocenters. The number of benzene rings is 1. The zero-order valence-corrected chi connectivity index (χ0v) is 16.4. The van der Waals surface area contributed by atoms with Crippen molar-refractivity contribution in [2.45, 2.75) is 25.3 Å². The van der Waals surface area contributed by atoms with Crippen molar-refractivity contribution < 1.29 is 35.9 Å². The van der Waals surface area contributed by atoms with Gasteiger partial charge < -0.3 is 11.1 Å². The lowest BCUT2D eigenvalue weighted by Gasteiger charge is -2.16. The Balaban J connectivity index is 1.98. The second-order valence-electron chi connectivity index (χ2n) is 6.61. The van der Waals surface area contributed by atoms with Crippen LogP contribution in [-0.2, 0) is 12.4 Å². The van der Waals surface area contributed by atoms with Crippen LogP contribution in [-0.4, -0.2) is 36.5 Å². The Kier molecular flexibility index (Phi) is 6.07. The first-order valence-corrected chi connectivity index (χ1v) is 8.92. The summed E-state index contributed by atoms with van der Waals surface area (Å²) in [5.74, 6) is -2.99. The van der Waals surface area contributed by atoms with Crippen molar-refractivity contribution in [3.05, 3.63) is 65.0 Å². The number of primary amides is 1. The van der Waals surface area contributed by atoms with Crippen molar-refractivity contribution in [3.8, 4) is 5.95 Å². The normalized spacial score (nSPS) is 12.9. The van der Waals surface area contributed by atoms with Crippen LogP contribution in [0.1, 0.15) is 50.9 Å². The Hall–Kier alpha value is -4.04. The molecule has 2 aromatic heterocycles. The molecule has 33 heavy (non-hydrogen) atoms. The van der Waals surface area contributed by atoms with Gasteiger partial charge in [-0.25, -0.2) is 15.0 Å². The van der Waals surface area contributed by atoms with Gasteiger partial charge in [0.1, 0.15) is 0 Å². The fraction of sp³-hybridized carbons (Fsp3) is 0.222. The molecule has 0 aliphatic carbocycles. The SMILES string of the molecule is CC(NC(=O)c1cc(C(F)(F)F)cc(C(F)(F)F)c1)c1nc(C(N)=O)nn1-c1ncccn1. The summed E-state index contributed by atoms with van der Waals surface area (Å²) in [7, 11) is 0. The van der Waals surface area contributed by atoms with E-state index in [0.717, 1.165) is 4.68 Å². The number of amides is 2. The zero-order chi connectivity index (χ0) is 24.6. The van der Waals surface area contributed by atoms with Crippen LogP contribution in [0.3, 0.4) is 0 Å². The number of alkyl halides is 6. The number of carbonyl (C=O) groups is 2. The van der Waals surface area contributed by atoms with E-state index in [0.29, 0.717) is 0 Å². The first-order valence-electron chi connectivity index (χ1n) is 8.92. The number of nitrogens with one attached hydrogen (secondary N) is 1. The molecule has 1 aromatic carbocycles. The van der Waals surface area contributed by atoms with E-state index < -0.39 is 52.7 Å². The summed E-state index contributed by atoms with van der Waals surface area (Å²) >= 11 is 0. The lowest BCUT2D eigenvalue weighted by atomic mass is 10.0. The van der Waals surface area contributed by atoms with Gasteiger partial charge in [-0.2, -0.15) is 31.0 Å². The van der Waals surface area contributed by atoms with E-state index >= 15 is 0 Å². The second-order valence-corrected chi connectivity index (χ2v) is 6.61. The summed E-state index contributed by atoms with van der Waals surface area (Å²) in [4.78, 5) is 35.7. The summed E-state index contributed by atoms with van der Waals surface area (Å²) in [6.07, 6.45) is -7.57. The fourth-order valence-corrected chi connectivity index (χ4v) is 2.69. The van der Waals surface area contributed by atoms with Gasteiger partial charge in [0, 0.05) is 18.0 Å². The first-order chi connectivity index (χ1) is 15.3. The summed E-state index contributed by atoms with van der Waals surface area (Å²) in [6, 6.07) is 0.800. The highest BCUT2D eigenvalue weighted by molar-refractivity contribution is 5.95. The minimum atomic E-state index is -5.12. The molecule has 3 N–H and O–H groups in total. The number of halogens is 6. The quantitative estimate of drug-likeness (QED) is 0.549. The van der Waals surface area contributed by atoms with E-state index in [1.807, 2.05) is 0 Å². The van der Waals surface area contributed by atoms with E-state index in [2.05, 4.69) is 25.4 Å². The van der Waals surface area contributed by atoms with Gasteiger partial charge in [0.15, 0.2) is 5.82 Å². The summed E-state index contributed by atoms with van der Waals surface area (Å²) in [5.41, 5.74) is 0.982. The molecule has 0 saturated carbocycles. The van der Waals surface area contributed by atoms with Gasteiger partial charge in [-0.3, -0.25) is 9.59 Å². The van der Waals surface area contributed by atoms with Gasteiger partial charge in [-0.15, -0.1) is 5.10 Å². The number of hydrogen-bond donors (Lipinski definition) is 2. The Morgan fingerprint density at radius 3 is 2.03 bits per heavy atom. The number of nitrogens with two attached hydrogens (primary N) is 1. The minimum Gasteiger partial charge on any atom is -0.363 e. The minimum absolute atomic E-state index is 0.0768. The molecule has 174 valence electrons. The lowest BCUT2D eigenvalue weighted by molar-refractivity contribution is -0.143. The molecule has 3 aromatic rings. The van der Waals surface area contributed by atoms with Crippen LogP contribution in [0.4, 0.5) is 26.3 Å². The van der Waals surface area contributed by atoms with E-state index in [9.17, 15) is 35.9 Å². The molecule has 0 spiro atoms. The van der Waals surface area contributed by atoms with Gasteiger partial charge in [-0.1, -0.05) is 0 Å². The predicted molar refractivity (Wildman–Crippen MR) is 97.8 cm³/mol. The first kappa shape index (κ1) is 23.6. The molecule has 0 fully saturated rings. The van der Waals surface area contributed by atoms with Crippen LogP contribution in [0, 0.1) is 0 Å². The summed E-state index contributed by atoms with van der Waals surface area (Å²) in [5, 5.41) is 6.06. The number of rotatable bonds is 5. The molecule has 2 heterocycles. The number of hydrogen-bond acceptors (Lipinski definition) is 6. The molecule has 15 heteroatoms. The van der Waals surface area contributed by atoms with Crippen molar-refractivity contribution >= 4 is 11.8 Å². The second kappa shape index (κ2) is 8.48. The van der Waals surface area contributed by atoms with Gasteiger partial charge in [0.05, 0.1) is 17.2 Å². The molecule has 1 unspecified atom stereocenters. The number of carbonyl (C=O) groups excluding carboxylic acids is 2. The zero-order valence-electron chi connectivity index (χ0n) is 16.4.